The van der Waals surface area contributed by atoms with E-state index in [1.807, 2.05) is 39.9 Å². The third-order valence-corrected chi connectivity index (χ3v) is 6.61. The van der Waals surface area contributed by atoms with E-state index >= 15 is 0 Å². The van der Waals surface area contributed by atoms with Gasteiger partial charge in [-0.05, 0) is 36.6 Å². The second kappa shape index (κ2) is 9.37. The summed E-state index contributed by atoms with van der Waals surface area (Å²) < 4.78 is 29.5. The molecular weight excluding hydrogens is 438 g/mol. The lowest BCUT2D eigenvalue weighted by Gasteiger charge is -2.28. The van der Waals surface area contributed by atoms with E-state index in [0.29, 0.717) is 38.3 Å². The van der Waals surface area contributed by atoms with E-state index in [2.05, 4.69) is 0 Å². The molecule has 2 amide bonds. The van der Waals surface area contributed by atoms with Gasteiger partial charge in [0, 0.05) is 49.4 Å². The van der Waals surface area contributed by atoms with Crippen molar-refractivity contribution in [1.82, 2.24) is 19.6 Å². The van der Waals surface area contributed by atoms with Gasteiger partial charge in [0.25, 0.3) is 5.91 Å². The fourth-order valence-electron chi connectivity index (χ4n) is 4.79. The highest BCUT2D eigenvalue weighted by atomic mass is 19.1. The van der Waals surface area contributed by atoms with Crippen LogP contribution in [0.25, 0.3) is 0 Å². The van der Waals surface area contributed by atoms with Crippen LogP contribution < -0.4 is 0 Å². The molecule has 8 heteroatoms. The molecule has 2 aliphatic rings. The Kier molecular flexibility index (Phi) is 6.13. The van der Waals surface area contributed by atoms with Gasteiger partial charge in [-0.15, -0.1) is 0 Å². The first-order valence-corrected chi connectivity index (χ1v) is 11.6. The van der Waals surface area contributed by atoms with Gasteiger partial charge < -0.3 is 9.80 Å². The zero-order chi connectivity index (χ0) is 23.7. The van der Waals surface area contributed by atoms with Crippen molar-refractivity contribution in [1.29, 1.82) is 0 Å². The van der Waals surface area contributed by atoms with Gasteiger partial charge in [-0.3, -0.25) is 14.3 Å². The van der Waals surface area contributed by atoms with E-state index in [0.717, 1.165) is 47.9 Å². The Morgan fingerprint density at radius 2 is 1.71 bits per heavy atom. The summed E-state index contributed by atoms with van der Waals surface area (Å²) in [5.74, 6) is -1.59. The number of fused-ring (bicyclic) bond motifs is 1. The predicted octanol–water partition coefficient (Wildman–Crippen LogP) is 3.57. The molecule has 6 nitrogen and oxygen atoms in total. The number of hydrogen-bond donors (Lipinski definition) is 0. The Hall–Kier alpha value is -3.55. The summed E-state index contributed by atoms with van der Waals surface area (Å²) in [6, 6.07) is 13.0. The van der Waals surface area contributed by atoms with Crippen molar-refractivity contribution in [2.24, 2.45) is 0 Å². The fourth-order valence-corrected chi connectivity index (χ4v) is 4.79. The van der Waals surface area contributed by atoms with Crippen LogP contribution in [0.1, 0.15) is 45.7 Å². The number of halogens is 2. The van der Waals surface area contributed by atoms with Crippen LogP contribution in [0.2, 0.25) is 0 Å². The van der Waals surface area contributed by atoms with Crippen LogP contribution in [0.3, 0.4) is 0 Å². The molecule has 0 atom stereocenters. The first kappa shape index (κ1) is 22.3. The molecule has 34 heavy (non-hydrogen) atoms. The van der Waals surface area contributed by atoms with E-state index in [-0.39, 0.29) is 30.3 Å². The van der Waals surface area contributed by atoms with E-state index in [1.54, 1.807) is 4.90 Å². The molecule has 1 aromatic heterocycles. The van der Waals surface area contributed by atoms with Crippen LogP contribution in [0.5, 0.6) is 0 Å². The second-order valence-electron chi connectivity index (χ2n) is 8.89. The average Bonchev–Trinajstić information content (AvgIpc) is 3.50. The molecule has 3 heterocycles. The lowest BCUT2D eigenvalue weighted by Crippen LogP contribution is -2.38. The predicted molar refractivity (Wildman–Crippen MR) is 122 cm³/mol. The topological polar surface area (TPSA) is 58.4 Å². The minimum Gasteiger partial charge on any atom is -0.338 e. The molecular formula is C26H26F2N4O2. The number of rotatable bonds is 5. The number of benzene rings is 2. The average molecular weight is 465 g/mol. The summed E-state index contributed by atoms with van der Waals surface area (Å²) in [6.07, 6.45) is 2.26. The Morgan fingerprint density at radius 1 is 0.941 bits per heavy atom. The summed E-state index contributed by atoms with van der Waals surface area (Å²) in [5, 5.41) is 4.71. The monoisotopic (exact) mass is 464 g/mol. The Balaban J connectivity index is 1.43. The van der Waals surface area contributed by atoms with Gasteiger partial charge in [-0.2, -0.15) is 5.10 Å². The summed E-state index contributed by atoms with van der Waals surface area (Å²) >= 11 is 0. The van der Waals surface area contributed by atoms with Crippen molar-refractivity contribution in [3.63, 3.8) is 0 Å². The minimum atomic E-state index is -0.604. The third kappa shape index (κ3) is 4.44. The second-order valence-corrected chi connectivity index (χ2v) is 8.89. The van der Waals surface area contributed by atoms with E-state index < -0.39 is 11.6 Å². The quantitative estimate of drug-likeness (QED) is 0.580. The molecule has 0 bridgehead atoms. The van der Waals surface area contributed by atoms with Gasteiger partial charge in [0.2, 0.25) is 5.91 Å². The molecule has 176 valence electrons. The van der Waals surface area contributed by atoms with Crippen molar-refractivity contribution in [3.8, 4) is 0 Å². The SMILES string of the molecule is O=C(Cc1cc(F)ccc1F)N1CCc2c(c(C(=O)N3CCCC3)nn2Cc2ccccc2)C1. The smallest absolute Gasteiger partial charge is 0.274 e. The van der Waals surface area contributed by atoms with Crippen molar-refractivity contribution >= 4 is 11.8 Å². The molecule has 2 aromatic carbocycles. The Bertz CT molecular complexity index is 1220. The molecule has 0 saturated carbocycles. The number of likely N-dealkylation sites (tertiary alicyclic amines) is 1. The fraction of sp³-hybridized carbons (Fsp3) is 0.346. The molecule has 2 aliphatic heterocycles. The normalized spacial score (nSPS) is 15.5. The third-order valence-electron chi connectivity index (χ3n) is 6.61. The highest BCUT2D eigenvalue weighted by molar-refractivity contribution is 5.94. The highest BCUT2D eigenvalue weighted by Gasteiger charge is 2.32. The van der Waals surface area contributed by atoms with Gasteiger partial charge in [0.05, 0.1) is 13.0 Å². The maximum absolute atomic E-state index is 14.1. The van der Waals surface area contributed by atoms with Crippen LogP contribution in [0.4, 0.5) is 8.78 Å². The summed E-state index contributed by atoms with van der Waals surface area (Å²) in [5.41, 5.74) is 3.21. The zero-order valence-corrected chi connectivity index (χ0v) is 18.8. The summed E-state index contributed by atoms with van der Waals surface area (Å²) in [7, 11) is 0. The van der Waals surface area contributed by atoms with Crippen molar-refractivity contribution in [2.75, 3.05) is 19.6 Å². The maximum atomic E-state index is 14.1. The molecule has 3 aromatic rings. The van der Waals surface area contributed by atoms with E-state index in [4.69, 9.17) is 5.10 Å². The largest absolute Gasteiger partial charge is 0.338 e. The number of nitrogens with zero attached hydrogens (tertiary/aromatic N) is 4. The molecule has 0 N–H and O–H groups in total. The van der Waals surface area contributed by atoms with Crippen molar-refractivity contribution in [3.05, 3.63) is 88.2 Å². The van der Waals surface area contributed by atoms with Gasteiger partial charge in [-0.25, -0.2) is 8.78 Å². The lowest BCUT2D eigenvalue weighted by atomic mass is 10.0. The number of amides is 2. The van der Waals surface area contributed by atoms with E-state index in [1.165, 1.54) is 0 Å². The Labute approximate surface area is 196 Å². The van der Waals surface area contributed by atoms with Crippen LogP contribution >= 0.6 is 0 Å². The van der Waals surface area contributed by atoms with Gasteiger partial charge in [0.1, 0.15) is 11.6 Å². The Morgan fingerprint density at radius 3 is 2.47 bits per heavy atom. The molecule has 1 saturated heterocycles. The maximum Gasteiger partial charge on any atom is 0.274 e. The minimum absolute atomic E-state index is 0.0314. The van der Waals surface area contributed by atoms with Gasteiger partial charge in [0.15, 0.2) is 5.69 Å². The number of carbonyl (C=O) groups excluding carboxylic acids is 2. The van der Waals surface area contributed by atoms with Gasteiger partial charge in [-0.1, -0.05) is 30.3 Å². The van der Waals surface area contributed by atoms with Crippen LogP contribution in [0.15, 0.2) is 48.5 Å². The molecule has 0 spiro atoms. The molecule has 0 aliphatic carbocycles. The first-order chi connectivity index (χ1) is 16.5. The van der Waals surface area contributed by atoms with Crippen LogP contribution in [-0.2, 0) is 30.7 Å². The zero-order valence-electron chi connectivity index (χ0n) is 18.8. The molecule has 5 rings (SSSR count). The standard InChI is InChI=1S/C26H26F2N4O2/c27-20-8-9-22(28)19(14-20)15-24(33)31-13-10-23-21(17-31)25(26(34)30-11-4-5-12-30)29-32(23)16-18-6-2-1-3-7-18/h1-3,6-9,14H,4-5,10-13,15-17H2. The lowest BCUT2D eigenvalue weighted by molar-refractivity contribution is -0.131. The molecule has 0 unspecified atom stereocenters. The first-order valence-electron chi connectivity index (χ1n) is 11.6. The summed E-state index contributed by atoms with van der Waals surface area (Å²) in [6.45, 7) is 2.62. The molecule has 0 radical (unpaired) electrons. The van der Waals surface area contributed by atoms with E-state index in [9.17, 15) is 18.4 Å². The van der Waals surface area contributed by atoms with Gasteiger partial charge >= 0.3 is 0 Å². The number of carbonyl (C=O) groups is 2. The van der Waals surface area contributed by atoms with Crippen molar-refractivity contribution in [2.45, 2.75) is 38.8 Å². The highest BCUT2D eigenvalue weighted by Crippen LogP contribution is 2.26. The number of hydrogen-bond acceptors (Lipinski definition) is 3. The molecule has 1 fully saturated rings. The summed E-state index contributed by atoms with van der Waals surface area (Å²) in [4.78, 5) is 29.7. The number of aromatic nitrogens is 2. The van der Waals surface area contributed by atoms with Crippen molar-refractivity contribution < 1.29 is 18.4 Å². The van der Waals surface area contributed by atoms with Crippen LogP contribution in [0, 0.1) is 11.6 Å². The van der Waals surface area contributed by atoms with Crippen LogP contribution in [-0.4, -0.2) is 51.0 Å².